The Kier molecular flexibility index (Phi) is 36.3. The van der Waals surface area contributed by atoms with E-state index in [1.165, 1.54) is 109 Å². The number of nitrogens with one attached hydrogen (secondary N) is 1. The highest BCUT2D eigenvalue weighted by Crippen LogP contribution is 2.13. The van der Waals surface area contributed by atoms with Gasteiger partial charge in [-0.2, -0.15) is 8.42 Å². The highest BCUT2D eigenvalue weighted by molar-refractivity contribution is 7.85. The van der Waals surface area contributed by atoms with Gasteiger partial charge in [-0.25, -0.2) is 0 Å². The average molecular weight is 734 g/mol. The van der Waals surface area contributed by atoms with Gasteiger partial charge in [0.25, 0.3) is 10.1 Å². The molecule has 296 valence electrons. The van der Waals surface area contributed by atoms with Crippen LogP contribution < -0.4 is 5.32 Å². The molecule has 51 heavy (non-hydrogen) atoms. The molecule has 0 rings (SSSR count). The van der Waals surface area contributed by atoms with Crippen molar-refractivity contribution in [3.8, 4) is 0 Å². The average Bonchev–Trinajstić information content (AvgIpc) is 3.09. The highest BCUT2D eigenvalue weighted by Gasteiger charge is 2.24. The van der Waals surface area contributed by atoms with Gasteiger partial charge in [0.1, 0.15) is 0 Å². The van der Waals surface area contributed by atoms with Crippen LogP contribution in [0, 0.1) is 0 Å². The van der Waals surface area contributed by atoms with Crippen molar-refractivity contribution >= 4 is 16.0 Å². The lowest BCUT2D eigenvalue weighted by Crippen LogP contribution is -2.46. The van der Waals surface area contributed by atoms with Crippen LogP contribution in [0.15, 0.2) is 60.8 Å². The van der Waals surface area contributed by atoms with Gasteiger partial charge in [-0.1, -0.05) is 171 Å². The molecular formula is C44H79NO5S. The molecule has 3 N–H and O–H groups in total. The molecule has 0 aromatic rings. The molecule has 0 bridgehead atoms. The predicted octanol–water partition coefficient (Wildman–Crippen LogP) is 12.5. The van der Waals surface area contributed by atoms with Crippen molar-refractivity contribution in [1.29, 1.82) is 0 Å². The summed E-state index contributed by atoms with van der Waals surface area (Å²) < 4.78 is 32.5. The molecule has 0 saturated carbocycles. The van der Waals surface area contributed by atoms with Crippen LogP contribution in [0.3, 0.4) is 0 Å². The molecule has 0 heterocycles. The van der Waals surface area contributed by atoms with Crippen LogP contribution in [0.25, 0.3) is 0 Å². The first-order chi connectivity index (χ1) is 24.8. The Balaban J connectivity index is 4.02. The molecule has 2 atom stereocenters. The summed E-state index contributed by atoms with van der Waals surface area (Å²) in [4.78, 5) is 12.5. The molecule has 0 saturated heterocycles. The van der Waals surface area contributed by atoms with E-state index >= 15 is 0 Å². The lowest BCUT2D eigenvalue weighted by molar-refractivity contribution is -0.122. The monoisotopic (exact) mass is 734 g/mol. The normalized spacial score (nSPS) is 13.9. The van der Waals surface area contributed by atoms with E-state index in [4.69, 9.17) is 0 Å². The second kappa shape index (κ2) is 37.8. The van der Waals surface area contributed by atoms with E-state index in [0.29, 0.717) is 12.8 Å². The van der Waals surface area contributed by atoms with Crippen molar-refractivity contribution in [2.45, 2.75) is 206 Å². The third-order valence-corrected chi connectivity index (χ3v) is 9.92. The maximum atomic E-state index is 12.5. The summed E-state index contributed by atoms with van der Waals surface area (Å²) in [5, 5.41) is 13.2. The molecule has 0 aliphatic carbocycles. The lowest BCUT2D eigenvalue weighted by atomic mass is 10.1. The molecule has 1 amide bonds. The van der Waals surface area contributed by atoms with E-state index in [9.17, 15) is 22.9 Å². The van der Waals surface area contributed by atoms with Gasteiger partial charge in [0.2, 0.25) is 5.91 Å². The Hall–Kier alpha value is -1.96. The Labute approximate surface area is 315 Å². The van der Waals surface area contributed by atoms with Crippen LogP contribution in [0.5, 0.6) is 0 Å². The van der Waals surface area contributed by atoms with Crippen LogP contribution in [0.1, 0.15) is 194 Å². The molecule has 0 aromatic heterocycles. The van der Waals surface area contributed by atoms with Gasteiger partial charge in [-0.05, 0) is 77.0 Å². The fourth-order valence-electron chi connectivity index (χ4n) is 5.98. The fraction of sp³-hybridized carbons (Fsp3) is 0.750. The largest absolute Gasteiger partial charge is 0.387 e. The fourth-order valence-corrected chi connectivity index (χ4v) is 6.72. The Morgan fingerprint density at radius 1 is 0.529 bits per heavy atom. The minimum Gasteiger partial charge on any atom is -0.387 e. The molecule has 7 heteroatoms. The Bertz CT molecular complexity index is 1030. The van der Waals surface area contributed by atoms with Gasteiger partial charge in [0, 0.05) is 6.42 Å². The van der Waals surface area contributed by atoms with Crippen LogP contribution in [-0.4, -0.2) is 41.9 Å². The van der Waals surface area contributed by atoms with Crippen molar-refractivity contribution in [1.82, 2.24) is 5.32 Å². The number of hydrogen-bond acceptors (Lipinski definition) is 4. The molecular weight excluding hydrogens is 655 g/mol. The quantitative estimate of drug-likeness (QED) is 0.0335. The molecule has 0 radical (unpaired) electrons. The number of aliphatic hydroxyl groups is 1. The standard InChI is InChI=1S/C44H79NO5S/c1-3-5-7-9-11-13-15-17-19-20-21-22-23-24-26-27-29-31-33-35-37-39-43(46)42(41-51(48,49)50)45-44(47)40-38-36-34-32-30-28-25-18-16-14-12-10-8-6-4-2/h12,14,18,23-25,29,31,37,39,42-43,46H,3-11,13,15-17,19-22,26-28,30,32-36,38,40-41H2,1-2H3,(H,45,47)(H,48,49,50)/b14-12-,24-23+,25-18-,31-29+,39-37+. The smallest absolute Gasteiger partial charge is 0.267 e. The van der Waals surface area contributed by atoms with Crippen molar-refractivity contribution in [3.05, 3.63) is 60.8 Å². The van der Waals surface area contributed by atoms with E-state index < -0.39 is 28.0 Å². The summed E-state index contributed by atoms with van der Waals surface area (Å²) >= 11 is 0. The van der Waals surface area contributed by atoms with Crippen LogP contribution in [0.2, 0.25) is 0 Å². The molecule has 0 aliphatic heterocycles. The maximum absolute atomic E-state index is 12.5. The maximum Gasteiger partial charge on any atom is 0.267 e. The third kappa shape index (κ3) is 39.1. The molecule has 0 aliphatic rings. The summed E-state index contributed by atoms with van der Waals surface area (Å²) in [6.45, 7) is 4.49. The lowest BCUT2D eigenvalue weighted by Gasteiger charge is -2.21. The van der Waals surface area contributed by atoms with Crippen LogP contribution in [0.4, 0.5) is 0 Å². The minimum atomic E-state index is -4.36. The number of aliphatic hydroxyl groups excluding tert-OH is 1. The van der Waals surface area contributed by atoms with E-state index in [-0.39, 0.29) is 12.3 Å². The molecule has 0 spiro atoms. The van der Waals surface area contributed by atoms with Gasteiger partial charge >= 0.3 is 0 Å². The first kappa shape index (κ1) is 49.0. The summed E-state index contributed by atoms with van der Waals surface area (Å²) in [6.07, 6.45) is 52.1. The van der Waals surface area contributed by atoms with Crippen molar-refractivity contribution in [2.75, 3.05) is 5.75 Å². The second-order valence-corrected chi connectivity index (χ2v) is 15.7. The Morgan fingerprint density at radius 2 is 0.902 bits per heavy atom. The molecule has 6 nitrogen and oxygen atoms in total. The summed E-state index contributed by atoms with van der Waals surface area (Å²) in [7, 11) is -4.36. The SMILES string of the molecule is CCCCC/C=C\C/C=C\CCCCCCCC(=O)NC(CS(=O)(=O)O)C(O)/C=C/CC/C=C/CC/C=C/CCCCCCCCCCCCC. The van der Waals surface area contributed by atoms with E-state index in [1.807, 2.05) is 0 Å². The number of amides is 1. The summed E-state index contributed by atoms with van der Waals surface area (Å²) in [6, 6.07) is -1.09. The number of rotatable bonds is 37. The van der Waals surface area contributed by atoms with Crippen LogP contribution in [-0.2, 0) is 14.9 Å². The number of hydrogen-bond donors (Lipinski definition) is 3. The first-order valence-electron chi connectivity index (χ1n) is 21.0. The van der Waals surface area contributed by atoms with Crippen molar-refractivity contribution < 1.29 is 22.9 Å². The number of carbonyl (C=O) groups is 1. The van der Waals surface area contributed by atoms with Gasteiger partial charge in [0.05, 0.1) is 17.9 Å². The molecule has 0 aromatic carbocycles. The minimum absolute atomic E-state index is 0.266. The molecule has 0 fully saturated rings. The number of carbonyl (C=O) groups excluding carboxylic acids is 1. The van der Waals surface area contributed by atoms with Gasteiger partial charge in [-0.15, -0.1) is 0 Å². The van der Waals surface area contributed by atoms with E-state index in [2.05, 4.69) is 67.8 Å². The van der Waals surface area contributed by atoms with Crippen molar-refractivity contribution in [3.63, 3.8) is 0 Å². The van der Waals surface area contributed by atoms with Gasteiger partial charge < -0.3 is 10.4 Å². The zero-order valence-corrected chi connectivity index (χ0v) is 33.8. The van der Waals surface area contributed by atoms with Crippen molar-refractivity contribution in [2.24, 2.45) is 0 Å². The number of unbranched alkanes of at least 4 members (excludes halogenated alkanes) is 21. The summed E-state index contributed by atoms with van der Waals surface area (Å²) in [5.74, 6) is -1.03. The van der Waals surface area contributed by atoms with E-state index in [1.54, 1.807) is 6.08 Å². The Morgan fingerprint density at radius 3 is 1.39 bits per heavy atom. The van der Waals surface area contributed by atoms with Gasteiger partial charge in [0.15, 0.2) is 0 Å². The second-order valence-electron chi connectivity index (χ2n) is 14.2. The zero-order chi connectivity index (χ0) is 37.5. The third-order valence-electron chi connectivity index (χ3n) is 9.14. The molecule has 2 unspecified atom stereocenters. The predicted molar refractivity (Wildman–Crippen MR) is 221 cm³/mol. The highest BCUT2D eigenvalue weighted by atomic mass is 32.2. The topological polar surface area (TPSA) is 104 Å². The van der Waals surface area contributed by atoms with Gasteiger partial charge in [-0.3, -0.25) is 9.35 Å². The summed E-state index contributed by atoms with van der Waals surface area (Å²) in [5.41, 5.74) is 0. The van der Waals surface area contributed by atoms with Crippen LogP contribution >= 0.6 is 0 Å². The van der Waals surface area contributed by atoms with E-state index in [0.717, 1.165) is 57.8 Å². The zero-order valence-electron chi connectivity index (χ0n) is 33.0. The number of allylic oxidation sites excluding steroid dienone is 9. The first-order valence-corrected chi connectivity index (χ1v) is 22.6.